The standard InChI is InChI=1S/C19H27N3O2.ClH/c23-18(15-7-1-2-8-15)22-16-9-5-6-14(12-16)13-21-19(24)17-10-3-4-11-20-17;/h5-6,9,12,15,17,20H,1-4,7-8,10-11,13H2,(H,21,24)(H,22,23);1H. The van der Waals surface area contributed by atoms with E-state index in [0.717, 1.165) is 62.7 Å². The lowest BCUT2D eigenvalue weighted by molar-refractivity contribution is -0.124. The molecule has 1 saturated heterocycles. The lowest BCUT2D eigenvalue weighted by Crippen LogP contribution is -2.46. The van der Waals surface area contributed by atoms with Crippen LogP contribution < -0.4 is 16.0 Å². The van der Waals surface area contributed by atoms with Crippen LogP contribution in [0.1, 0.15) is 50.5 Å². The summed E-state index contributed by atoms with van der Waals surface area (Å²) in [6, 6.07) is 7.68. The zero-order chi connectivity index (χ0) is 16.8. The highest BCUT2D eigenvalue weighted by atomic mass is 35.5. The Hall–Kier alpha value is -1.59. The van der Waals surface area contributed by atoms with Gasteiger partial charge in [-0.3, -0.25) is 9.59 Å². The predicted molar refractivity (Wildman–Crippen MR) is 102 cm³/mol. The van der Waals surface area contributed by atoms with Crippen molar-refractivity contribution in [3.05, 3.63) is 29.8 Å². The van der Waals surface area contributed by atoms with Crippen molar-refractivity contribution in [3.8, 4) is 0 Å². The van der Waals surface area contributed by atoms with Crippen LogP contribution in [0.15, 0.2) is 24.3 Å². The topological polar surface area (TPSA) is 70.2 Å². The van der Waals surface area contributed by atoms with Gasteiger partial charge >= 0.3 is 0 Å². The predicted octanol–water partition coefficient (Wildman–Crippen LogP) is 3.00. The highest BCUT2D eigenvalue weighted by Crippen LogP contribution is 2.26. The van der Waals surface area contributed by atoms with Gasteiger partial charge in [0.05, 0.1) is 6.04 Å². The summed E-state index contributed by atoms with van der Waals surface area (Å²) in [4.78, 5) is 24.4. The smallest absolute Gasteiger partial charge is 0.237 e. The summed E-state index contributed by atoms with van der Waals surface area (Å²) in [5.41, 5.74) is 1.82. The fourth-order valence-electron chi connectivity index (χ4n) is 3.58. The molecule has 2 fully saturated rings. The Morgan fingerprint density at radius 3 is 2.52 bits per heavy atom. The van der Waals surface area contributed by atoms with Crippen LogP contribution in [-0.2, 0) is 16.1 Å². The number of carbonyl (C=O) groups excluding carboxylic acids is 2. The third-order valence-corrected chi connectivity index (χ3v) is 5.01. The minimum atomic E-state index is -0.0657. The van der Waals surface area contributed by atoms with E-state index in [1.165, 1.54) is 0 Å². The Labute approximate surface area is 155 Å². The van der Waals surface area contributed by atoms with Crippen molar-refractivity contribution in [2.24, 2.45) is 5.92 Å². The molecule has 1 atom stereocenters. The van der Waals surface area contributed by atoms with Gasteiger partial charge in [0.2, 0.25) is 11.8 Å². The zero-order valence-electron chi connectivity index (χ0n) is 14.6. The lowest BCUT2D eigenvalue weighted by atomic mass is 10.0. The molecule has 0 bridgehead atoms. The number of anilines is 1. The number of nitrogens with one attached hydrogen (secondary N) is 3. The molecule has 3 N–H and O–H groups in total. The molecule has 1 aromatic rings. The molecule has 5 nitrogen and oxygen atoms in total. The molecule has 6 heteroatoms. The molecule has 0 aromatic heterocycles. The van der Waals surface area contributed by atoms with Crippen LogP contribution in [0.4, 0.5) is 5.69 Å². The number of amides is 2. The molecule has 2 aliphatic rings. The largest absolute Gasteiger partial charge is 0.351 e. The van der Waals surface area contributed by atoms with Crippen molar-refractivity contribution < 1.29 is 9.59 Å². The normalized spacial score (nSPS) is 20.6. The summed E-state index contributed by atoms with van der Waals surface area (Å²) < 4.78 is 0. The first-order chi connectivity index (χ1) is 11.7. The van der Waals surface area contributed by atoms with Gasteiger partial charge in [-0.15, -0.1) is 12.4 Å². The van der Waals surface area contributed by atoms with Gasteiger partial charge in [-0.1, -0.05) is 31.4 Å². The molecule has 1 unspecified atom stereocenters. The molecular formula is C19H28ClN3O2. The summed E-state index contributed by atoms with van der Waals surface area (Å²) in [5.74, 6) is 0.348. The van der Waals surface area contributed by atoms with Gasteiger partial charge in [-0.25, -0.2) is 0 Å². The molecule has 0 radical (unpaired) electrons. The van der Waals surface area contributed by atoms with Gasteiger partial charge in [0.15, 0.2) is 0 Å². The first-order valence-electron chi connectivity index (χ1n) is 9.13. The van der Waals surface area contributed by atoms with E-state index >= 15 is 0 Å². The van der Waals surface area contributed by atoms with Crippen LogP contribution in [0.3, 0.4) is 0 Å². The first-order valence-corrected chi connectivity index (χ1v) is 9.13. The van der Waals surface area contributed by atoms with Crippen molar-refractivity contribution >= 4 is 29.9 Å². The van der Waals surface area contributed by atoms with Crippen LogP contribution in [0.2, 0.25) is 0 Å². The fraction of sp³-hybridized carbons (Fsp3) is 0.579. The molecule has 1 aromatic carbocycles. The highest BCUT2D eigenvalue weighted by molar-refractivity contribution is 5.92. The van der Waals surface area contributed by atoms with Crippen molar-refractivity contribution in [1.29, 1.82) is 0 Å². The highest BCUT2D eigenvalue weighted by Gasteiger charge is 2.23. The van der Waals surface area contributed by atoms with Crippen molar-refractivity contribution in [2.75, 3.05) is 11.9 Å². The molecular weight excluding hydrogens is 338 g/mol. The van der Waals surface area contributed by atoms with Gasteiger partial charge < -0.3 is 16.0 Å². The molecule has 2 amide bonds. The summed E-state index contributed by atoms with van der Waals surface area (Å²) in [7, 11) is 0. The summed E-state index contributed by atoms with van der Waals surface area (Å²) in [6.45, 7) is 1.41. The first kappa shape index (κ1) is 19.7. The third kappa shape index (κ3) is 5.72. The maximum Gasteiger partial charge on any atom is 0.237 e. The molecule has 25 heavy (non-hydrogen) atoms. The van der Waals surface area contributed by atoms with E-state index in [9.17, 15) is 9.59 Å². The van der Waals surface area contributed by atoms with Crippen molar-refractivity contribution in [1.82, 2.24) is 10.6 Å². The fourth-order valence-corrected chi connectivity index (χ4v) is 3.58. The lowest BCUT2D eigenvalue weighted by Gasteiger charge is -2.22. The van der Waals surface area contributed by atoms with E-state index in [-0.39, 0.29) is 36.2 Å². The van der Waals surface area contributed by atoms with Crippen molar-refractivity contribution in [3.63, 3.8) is 0 Å². The molecule has 138 valence electrons. The third-order valence-electron chi connectivity index (χ3n) is 5.01. The van der Waals surface area contributed by atoms with Crippen LogP contribution in [0.5, 0.6) is 0 Å². The number of carbonyl (C=O) groups is 2. The number of hydrogen-bond acceptors (Lipinski definition) is 3. The van der Waals surface area contributed by atoms with Crippen LogP contribution >= 0.6 is 12.4 Å². The average Bonchev–Trinajstić information content (AvgIpc) is 3.15. The second kappa shape index (κ2) is 9.78. The molecule has 1 aliphatic heterocycles. The van der Waals surface area contributed by atoms with E-state index in [2.05, 4.69) is 16.0 Å². The Bertz CT molecular complexity index is 582. The molecule has 3 rings (SSSR count). The van der Waals surface area contributed by atoms with Gasteiger partial charge in [0, 0.05) is 18.2 Å². The summed E-state index contributed by atoms with van der Waals surface area (Å²) >= 11 is 0. The van der Waals surface area contributed by atoms with E-state index in [1.807, 2.05) is 24.3 Å². The molecule has 1 saturated carbocycles. The maximum atomic E-state index is 12.2. The number of rotatable bonds is 5. The number of halogens is 1. The molecule has 0 spiro atoms. The zero-order valence-corrected chi connectivity index (χ0v) is 15.4. The van der Waals surface area contributed by atoms with Crippen LogP contribution in [0, 0.1) is 5.92 Å². The van der Waals surface area contributed by atoms with Gasteiger partial charge in [-0.05, 0) is 49.9 Å². The molecule has 1 aliphatic carbocycles. The Morgan fingerprint density at radius 2 is 1.80 bits per heavy atom. The van der Waals surface area contributed by atoms with E-state index in [1.54, 1.807) is 0 Å². The number of hydrogen-bond donors (Lipinski definition) is 3. The second-order valence-electron chi connectivity index (χ2n) is 6.89. The maximum absolute atomic E-state index is 12.2. The SMILES string of the molecule is Cl.O=C(Nc1cccc(CNC(=O)C2CCCCN2)c1)C1CCCC1. The van der Waals surface area contributed by atoms with Gasteiger partial charge in [-0.2, -0.15) is 0 Å². The van der Waals surface area contributed by atoms with Gasteiger partial charge in [0.1, 0.15) is 0 Å². The Balaban J connectivity index is 0.00000225. The average molecular weight is 366 g/mol. The van der Waals surface area contributed by atoms with Crippen LogP contribution in [-0.4, -0.2) is 24.4 Å². The van der Waals surface area contributed by atoms with E-state index in [0.29, 0.717) is 6.54 Å². The van der Waals surface area contributed by atoms with Crippen LogP contribution in [0.25, 0.3) is 0 Å². The second-order valence-corrected chi connectivity index (χ2v) is 6.89. The minimum Gasteiger partial charge on any atom is -0.351 e. The Morgan fingerprint density at radius 1 is 1.04 bits per heavy atom. The summed E-state index contributed by atoms with van der Waals surface area (Å²) in [6.07, 6.45) is 7.45. The molecule has 1 heterocycles. The number of benzene rings is 1. The van der Waals surface area contributed by atoms with E-state index < -0.39 is 0 Å². The number of piperidine rings is 1. The van der Waals surface area contributed by atoms with Gasteiger partial charge in [0.25, 0.3) is 0 Å². The summed E-state index contributed by atoms with van der Waals surface area (Å²) in [5, 5.41) is 9.26. The minimum absolute atomic E-state index is 0. The van der Waals surface area contributed by atoms with Crippen molar-refractivity contribution in [2.45, 2.75) is 57.5 Å². The monoisotopic (exact) mass is 365 g/mol. The quantitative estimate of drug-likeness (QED) is 0.751. The Kier molecular flexibility index (Phi) is 7.72. The van der Waals surface area contributed by atoms with E-state index in [4.69, 9.17) is 0 Å².